The summed E-state index contributed by atoms with van der Waals surface area (Å²) in [6, 6.07) is 3.96. The number of rotatable bonds is 5. The zero-order valence-corrected chi connectivity index (χ0v) is 11.1. The van der Waals surface area contributed by atoms with Gasteiger partial charge in [-0.3, -0.25) is 0 Å². The Morgan fingerprint density at radius 2 is 2.33 bits per heavy atom. The molecule has 0 amide bonds. The molecule has 1 atom stereocenters. The number of anilines is 1. The van der Waals surface area contributed by atoms with Gasteiger partial charge >= 0.3 is 0 Å². The van der Waals surface area contributed by atoms with Crippen LogP contribution in [0.5, 0.6) is 5.75 Å². The lowest BCUT2D eigenvalue weighted by Gasteiger charge is -2.07. The molecule has 1 heterocycles. The number of fused-ring (bicyclic) bond motifs is 1. The number of halogens is 1. The molecular formula is C12H16ClN3O2. The Labute approximate surface area is 110 Å². The largest absolute Gasteiger partial charge is 0.490 e. The number of ether oxygens (including phenoxy) is 1. The molecule has 98 valence electrons. The van der Waals surface area contributed by atoms with E-state index < -0.39 is 0 Å². The van der Waals surface area contributed by atoms with E-state index in [1.165, 1.54) is 0 Å². The molecule has 0 unspecified atom stereocenters. The second-order valence-electron chi connectivity index (χ2n) is 3.99. The van der Waals surface area contributed by atoms with Crippen LogP contribution in [0.1, 0.15) is 13.8 Å². The molecule has 0 aliphatic carbocycles. The average molecular weight is 270 g/mol. The molecule has 3 N–H and O–H groups in total. The van der Waals surface area contributed by atoms with E-state index in [4.69, 9.17) is 26.5 Å². The van der Waals surface area contributed by atoms with Gasteiger partial charge in [-0.1, -0.05) is 11.6 Å². The highest BCUT2D eigenvalue weighted by Crippen LogP contribution is 2.32. The molecule has 0 saturated heterocycles. The van der Waals surface area contributed by atoms with Gasteiger partial charge in [0, 0.05) is 23.7 Å². The van der Waals surface area contributed by atoms with Gasteiger partial charge in [0.05, 0.1) is 6.61 Å². The molecule has 0 aliphatic rings. The van der Waals surface area contributed by atoms with Crippen molar-refractivity contribution in [2.75, 3.05) is 18.5 Å². The molecule has 0 spiro atoms. The third-order valence-electron chi connectivity index (χ3n) is 2.44. The molecule has 1 aromatic heterocycles. The van der Waals surface area contributed by atoms with Crippen molar-refractivity contribution in [2.24, 2.45) is 5.73 Å². The van der Waals surface area contributed by atoms with Gasteiger partial charge in [0.2, 0.25) is 0 Å². The maximum absolute atomic E-state index is 6.00. The highest BCUT2D eigenvalue weighted by atomic mass is 35.5. The van der Waals surface area contributed by atoms with E-state index in [1.807, 2.05) is 13.8 Å². The van der Waals surface area contributed by atoms with Crippen LogP contribution in [0.3, 0.4) is 0 Å². The summed E-state index contributed by atoms with van der Waals surface area (Å²) < 4.78 is 11.1. The Bertz CT molecular complexity index is 541. The van der Waals surface area contributed by atoms with Crippen LogP contribution < -0.4 is 15.8 Å². The van der Waals surface area contributed by atoms with Crippen LogP contribution >= 0.6 is 11.6 Å². The topological polar surface area (TPSA) is 73.3 Å². The predicted octanol–water partition coefficient (Wildman–Crippen LogP) is 2.64. The quantitative estimate of drug-likeness (QED) is 0.873. The SMILES string of the molecule is CCOc1cc(Cl)cc2nc(N[C@@H](C)CN)oc12. The van der Waals surface area contributed by atoms with Gasteiger partial charge in [0.15, 0.2) is 11.3 Å². The minimum atomic E-state index is 0.0871. The minimum absolute atomic E-state index is 0.0871. The number of aromatic nitrogens is 1. The van der Waals surface area contributed by atoms with Crippen molar-refractivity contribution in [3.05, 3.63) is 17.2 Å². The average Bonchev–Trinajstić information content (AvgIpc) is 2.71. The Balaban J connectivity index is 2.39. The first-order valence-electron chi connectivity index (χ1n) is 5.83. The predicted molar refractivity (Wildman–Crippen MR) is 72.3 cm³/mol. The van der Waals surface area contributed by atoms with Crippen molar-refractivity contribution >= 4 is 28.7 Å². The first-order chi connectivity index (χ1) is 8.63. The fourth-order valence-electron chi connectivity index (χ4n) is 1.56. The lowest BCUT2D eigenvalue weighted by molar-refractivity contribution is 0.339. The summed E-state index contributed by atoms with van der Waals surface area (Å²) in [7, 11) is 0. The van der Waals surface area contributed by atoms with E-state index in [-0.39, 0.29) is 6.04 Å². The number of hydrogen-bond acceptors (Lipinski definition) is 5. The van der Waals surface area contributed by atoms with Crippen LogP contribution in [0.15, 0.2) is 16.5 Å². The van der Waals surface area contributed by atoms with Gasteiger partial charge in [-0.15, -0.1) is 0 Å². The summed E-state index contributed by atoms with van der Waals surface area (Å²) in [5.41, 5.74) is 6.79. The molecule has 6 heteroatoms. The van der Waals surface area contributed by atoms with Crippen molar-refractivity contribution in [3.8, 4) is 5.75 Å². The Morgan fingerprint density at radius 3 is 3.00 bits per heavy atom. The minimum Gasteiger partial charge on any atom is -0.490 e. The van der Waals surface area contributed by atoms with Gasteiger partial charge in [-0.25, -0.2) is 0 Å². The second-order valence-corrected chi connectivity index (χ2v) is 4.42. The Kier molecular flexibility index (Phi) is 3.93. The van der Waals surface area contributed by atoms with Crippen LogP contribution in [0.4, 0.5) is 6.01 Å². The maximum Gasteiger partial charge on any atom is 0.296 e. The van der Waals surface area contributed by atoms with E-state index in [0.29, 0.717) is 41.0 Å². The molecular weight excluding hydrogens is 254 g/mol. The third-order valence-corrected chi connectivity index (χ3v) is 2.66. The number of nitrogens with zero attached hydrogens (tertiary/aromatic N) is 1. The number of oxazole rings is 1. The van der Waals surface area contributed by atoms with Crippen LogP contribution in [0.2, 0.25) is 5.02 Å². The first-order valence-corrected chi connectivity index (χ1v) is 6.21. The molecule has 0 radical (unpaired) electrons. The lowest BCUT2D eigenvalue weighted by Crippen LogP contribution is -2.25. The molecule has 0 bridgehead atoms. The van der Waals surface area contributed by atoms with E-state index in [0.717, 1.165) is 0 Å². The smallest absolute Gasteiger partial charge is 0.296 e. The number of benzene rings is 1. The maximum atomic E-state index is 6.00. The standard InChI is InChI=1S/C12H16ClN3O2/c1-3-17-10-5-8(13)4-9-11(10)18-12(16-9)15-7(2)6-14/h4-5,7H,3,6,14H2,1-2H3,(H,15,16)/t7-/m0/s1. The molecule has 0 aliphatic heterocycles. The summed E-state index contributed by atoms with van der Waals surface area (Å²) in [6.07, 6.45) is 0. The van der Waals surface area contributed by atoms with Crippen molar-refractivity contribution < 1.29 is 9.15 Å². The zero-order valence-electron chi connectivity index (χ0n) is 10.4. The molecule has 18 heavy (non-hydrogen) atoms. The fraction of sp³-hybridized carbons (Fsp3) is 0.417. The monoisotopic (exact) mass is 269 g/mol. The Hall–Kier alpha value is -1.46. The van der Waals surface area contributed by atoms with Crippen molar-refractivity contribution in [2.45, 2.75) is 19.9 Å². The van der Waals surface area contributed by atoms with Gasteiger partial charge < -0.3 is 20.2 Å². The van der Waals surface area contributed by atoms with Gasteiger partial charge in [-0.2, -0.15) is 4.98 Å². The first kappa shape index (κ1) is 13.0. The highest BCUT2D eigenvalue weighted by Gasteiger charge is 2.13. The molecule has 5 nitrogen and oxygen atoms in total. The molecule has 0 saturated carbocycles. The molecule has 2 rings (SSSR count). The number of nitrogens with two attached hydrogens (primary N) is 1. The van der Waals surface area contributed by atoms with Gasteiger partial charge in [0.1, 0.15) is 5.52 Å². The van der Waals surface area contributed by atoms with Crippen LogP contribution in [0, 0.1) is 0 Å². The summed E-state index contributed by atoms with van der Waals surface area (Å²) in [5, 5.41) is 3.64. The number of hydrogen-bond donors (Lipinski definition) is 2. The molecule has 2 aromatic rings. The second kappa shape index (κ2) is 5.46. The van der Waals surface area contributed by atoms with Crippen LogP contribution in [-0.2, 0) is 0 Å². The van der Waals surface area contributed by atoms with Crippen LogP contribution in [0.25, 0.3) is 11.1 Å². The van der Waals surface area contributed by atoms with Gasteiger partial charge in [-0.05, 0) is 19.9 Å². The summed E-state index contributed by atoms with van der Waals surface area (Å²) in [6.45, 7) is 4.89. The molecule has 0 fully saturated rings. The van der Waals surface area contributed by atoms with Gasteiger partial charge in [0.25, 0.3) is 6.01 Å². The fourth-order valence-corrected chi connectivity index (χ4v) is 1.77. The van der Waals surface area contributed by atoms with Crippen molar-refractivity contribution in [1.29, 1.82) is 0 Å². The normalized spacial score (nSPS) is 12.7. The van der Waals surface area contributed by atoms with Crippen LogP contribution in [-0.4, -0.2) is 24.2 Å². The zero-order chi connectivity index (χ0) is 13.1. The summed E-state index contributed by atoms with van der Waals surface area (Å²) in [4.78, 5) is 4.31. The van der Waals surface area contributed by atoms with Crippen molar-refractivity contribution in [3.63, 3.8) is 0 Å². The van der Waals surface area contributed by atoms with E-state index in [1.54, 1.807) is 12.1 Å². The third kappa shape index (κ3) is 2.68. The summed E-state index contributed by atoms with van der Waals surface area (Å²) >= 11 is 6.00. The summed E-state index contributed by atoms with van der Waals surface area (Å²) in [5.74, 6) is 0.598. The van der Waals surface area contributed by atoms with E-state index in [2.05, 4.69) is 10.3 Å². The Morgan fingerprint density at radius 1 is 1.56 bits per heavy atom. The van der Waals surface area contributed by atoms with E-state index >= 15 is 0 Å². The van der Waals surface area contributed by atoms with E-state index in [9.17, 15) is 0 Å². The van der Waals surface area contributed by atoms with Crippen molar-refractivity contribution in [1.82, 2.24) is 4.98 Å². The number of nitrogens with one attached hydrogen (secondary N) is 1. The molecule has 1 aromatic carbocycles. The highest BCUT2D eigenvalue weighted by molar-refractivity contribution is 6.31. The lowest BCUT2D eigenvalue weighted by atomic mass is 10.3.